The van der Waals surface area contributed by atoms with Crippen LogP contribution < -0.4 is 9.47 Å². The number of ketones is 1. The molecule has 0 saturated heterocycles. The third kappa shape index (κ3) is 2.53. The molecule has 1 aromatic rings. The lowest BCUT2D eigenvalue weighted by Crippen LogP contribution is -2.35. The van der Waals surface area contributed by atoms with Gasteiger partial charge in [0.05, 0.1) is 12.0 Å². The van der Waals surface area contributed by atoms with Crippen molar-refractivity contribution in [2.75, 3.05) is 6.79 Å². The van der Waals surface area contributed by atoms with E-state index in [0.29, 0.717) is 23.5 Å². The van der Waals surface area contributed by atoms with E-state index in [-0.39, 0.29) is 23.9 Å². The van der Waals surface area contributed by atoms with Gasteiger partial charge in [-0.05, 0) is 36.5 Å². The number of aliphatic imine (C=N–C) groups is 1. The first-order chi connectivity index (χ1) is 11.9. The molecule has 0 aromatic heterocycles. The SMILES string of the molecule is CC1=NC2=C(C(=O)CC(C)(C)C2)[C@@H](c2ccc3c(c2)OCO3)C1C#N. The second-order valence-corrected chi connectivity index (χ2v) is 7.75. The first kappa shape index (κ1) is 15.9. The van der Waals surface area contributed by atoms with Gasteiger partial charge in [0.2, 0.25) is 6.79 Å². The molecule has 5 nitrogen and oxygen atoms in total. The minimum atomic E-state index is -0.440. The van der Waals surface area contributed by atoms with Crippen LogP contribution in [0.5, 0.6) is 11.5 Å². The number of benzene rings is 1. The molecule has 0 saturated carbocycles. The van der Waals surface area contributed by atoms with E-state index in [4.69, 9.17) is 9.47 Å². The predicted octanol–water partition coefficient (Wildman–Crippen LogP) is 3.76. The lowest BCUT2D eigenvalue weighted by molar-refractivity contribution is -0.118. The highest BCUT2D eigenvalue weighted by Gasteiger charge is 2.43. The quantitative estimate of drug-likeness (QED) is 0.783. The van der Waals surface area contributed by atoms with Crippen molar-refractivity contribution in [1.82, 2.24) is 0 Å². The predicted molar refractivity (Wildman–Crippen MR) is 92.6 cm³/mol. The smallest absolute Gasteiger partial charge is 0.231 e. The third-order valence-electron chi connectivity index (χ3n) is 5.20. The topological polar surface area (TPSA) is 71.7 Å². The maximum Gasteiger partial charge on any atom is 0.231 e. The lowest BCUT2D eigenvalue weighted by Gasteiger charge is -2.37. The van der Waals surface area contributed by atoms with E-state index in [1.807, 2.05) is 25.1 Å². The summed E-state index contributed by atoms with van der Waals surface area (Å²) in [5.41, 5.74) is 3.13. The molecule has 3 aliphatic rings. The van der Waals surface area contributed by atoms with Gasteiger partial charge in [0.1, 0.15) is 0 Å². The Morgan fingerprint density at radius 1 is 1.24 bits per heavy atom. The molecule has 0 bridgehead atoms. The number of carbonyl (C=O) groups is 1. The van der Waals surface area contributed by atoms with Crippen molar-refractivity contribution in [3.8, 4) is 17.6 Å². The zero-order valence-electron chi connectivity index (χ0n) is 14.6. The van der Waals surface area contributed by atoms with Gasteiger partial charge >= 0.3 is 0 Å². The van der Waals surface area contributed by atoms with E-state index >= 15 is 0 Å². The molecule has 0 N–H and O–H groups in total. The van der Waals surface area contributed by atoms with Crippen LogP contribution in [-0.2, 0) is 4.79 Å². The van der Waals surface area contributed by atoms with Crippen molar-refractivity contribution in [2.45, 2.75) is 39.5 Å². The number of fused-ring (bicyclic) bond motifs is 1. The minimum absolute atomic E-state index is 0.0986. The number of hydrogen-bond donors (Lipinski definition) is 0. The first-order valence-electron chi connectivity index (χ1n) is 8.50. The number of hydrogen-bond acceptors (Lipinski definition) is 5. The Morgan fingerprint density at radius 2 is 2.00 bits per heavy atom. The van der Waals surface area contributed by atoms with Crippen molar-refractivity contribution in [2.24, 2.45) is 16.3 Å². The van der Waals surface area contributed by atoms with Crippen molar-refractivity contribution in [1.29, 1.82) is 5.26 Å². The molecule has 0 amide bonds. The summed E-state index contributed by atoms with van der Waals surface area (Å²) in [5.74, 6) is 0.731. The molecule has 4 rings (SSSR count). The molecular weight excluding hydrogens is 316 g/mol. The number of allylic oxidation sites excluding steroid dienone is 2. The van der Waals surface area contributed by atoms with Crippen molar-refractivity contribution in [3.63, 3.8) is 0 Å². The first-order valence-corrected chi connectivity index (χ1v) is 8.50. The highest BCUT2D eigenvalue weighted by Crippen LogP contribution is 2.48. The third-order valence-corrected chi connectivity index (χ3v) is 5.20. The van der Waals surface area contributed by atoms with Gasteiger partial charge in [-0.25, -0.2) is 0 Å². The summed E-state index contributed by atoms with van der Waals surface area (Å²) in [4.78, 5) is 17.6. The number of Topliss-reactive ketones (excluding diaryl/α,β-unsaturated/α-hetero) is 1. The van der Waals surface area contributed by atoms with Crippen molar-refractivity contribution in [3.05, 3.63) is 35.0 Å². The van der Waals surface area contributed by atoms with E-state index < -0.39 is 5.92 Å². The van der Waals surface area contributed by atoms with Crippen molar-refractivity contribution >= 4 is 11.5 Å². The molecule has 1 aliphatic carbocycles. The van der Waals surface area contributed by atoms with Gasteiger partial charge in [-0.15, -0.1) is 0 Å². The second-order valence-electron chi connectivity index (χ2n) is 7.75. The fraction of sp³-hybridized carbons (Fsp3) is 0.450. The van der Waals surface area contributed by atoms with Gasteiger partial charge in [-0.2, -0.15) is 5.26 Å². The van der Waals surface area contributed by atoms with E-state index in [9.17, 15) is 10.1 Å². The molecule has 5 heteroatoms. The van der Waals surface area contributed by atoms with Gasteiger partial charge < -0.3 is 9.47 Å². The van der Waals surface area contributed by atoms with Crippen LogP contribution in [0.4, 0.5) is 0 Å². The van der Waals surface area contributed by atoms with E-state index in [2.05, 4.69) is 24.9 Å². The monoisotopic (exact) mass is 336 g/mol. The summed E-state index contributed by atoms with van der Waals surface area (Å²) in [6.45, 7) is 6.26. The van der Waals surface area contributed by atoms with Gasteiger partial charge in [0.25, 0.3) is 0 Å². The summed E-state index contributed by atoms with van der Waals surface area (Å²) in [7, 11) is 0. The summed E-state index contributed by atoms with van der Waals surface area (Å²) < 4.78 is 10.9. The van der Waals surface area contributed by atoms with E-state index in [0.717, 1.165) is 23.4 Å². The summed E-state index contributed by atoms with van der Waals surface area (Å²) >= 11 is 0. The molecule has 2 aliphatic heterocycles. The fourth-order valence-electron chi connectivity index (χ4n) is 4.08. The number of nitriles is 1. The highest BCUT2D eigenvalue weighted by molar-refractivity contribution is 6.03. The average Bonchev–Trinajstić information content (AvgIpc) is 2.99. The summed E-state index contributed by atoms with van der Waals surface area (Å²) in [5, 5.41) is 9.75. The largest absolute Gasteiger partial charge is 0.454 e. The van der Waals surface area contributed by atoms with E-state index in [1.54, 1.807) is 0 Å². The molecule has 128 valence electrons. The second kappa shape index (κ2) is 5.45. The van der Waals surface area contributed by atoms with Crippen LogP contribution in [0.1, 0.15) is 45.1 Å². The maximum absolute atomic E-state index is 12.9. The molecule has 1 aromatic carbocycles. The van der Waals surface area contributed by atoms with Gasteiger partial charge in [-0.1, -0.05) is 19.9 Å². The Balaban J connectivity index is 1.87. The molecule has 0 radical (unpaired) electrons. The molecule has 0 fully saturated rings. The average molecular weight is 336 g/mol. The van der Waals surface area contributed by atoms with Crippen LogP contribution in [0, 0.1) is 22.7 Å². The van der Waals surface area contributed by atoms with Gasteiger partial charge in [-0.3, -0.25) is 9.79 Å². The molecule has 0 spiro atoms. The van der Waals surface area contributed by atoms with Crippen LogP contribution in [0.3, 0.4) is 0 Å². The van der Waals surface area contributed by atoms with Crippen LogP contribution in [0.25, 0.3) is 0 Å². The number of rotatable bonds is 1. The Labute approximate surface area is 147 Å². The standard InChI is InChI=1S/C20H20N2O3/c1-11-13(9-21)18(12-4-5-16-17(6-12)25-10-24-16)19-14(22-11)7-20(2,3)8-15(19)23/h4-6,13,18H,7-8,10H2,1-3H3/t13?,18-/m0/s1. The molecule has 2 atom stereocenters. The van der Waals surface area contributed by atoms with Crippen molar-refractivity contribution < 1.29 is 14.3 Å². The summed E-state index contributed by atoms with van der Waals surface area (Å²) in [6.07, 6.45) is 1.24. The van der Waals surface area contributed by atoms with E-state index in [1.165, 1.54) is 0 Å². The number of nitrogens with zero attached hydrogens (tertiary/aromatic N) is 2. The van der Waals surface area contributed by atoms with Gasteiger partial charge in [0, 0.05) is 29.3 Å². The summed E-state index contributed by atoms with van der Waals surface area (Å²) in [6, 6.07) is 8.03. The Morgan fingerprint density at radius 3 is 2.76 bits per heavy atom. The zero-order valence-corrected chi connectivity index (χ0v) is 14.6. The highest BCUT2D eigenvalue weighted by atomic mass is 16.7. The van der Waals surface area contributed by atoms with Crippen LogP contribution in [0.2, 0.25) is 0 Å². The number of carbonyl (C=O) groups excluding carboxylic acids is 1. The molecule has 25 heavy (non-hydrogen) atoms. The lowest BCUT2D eigenvalue weighted by atomic mass is 9.67. The fourth-order valence-corrected chi connectivity index (χ4v) is 4.08. The normalized spacial score (nSPS) is 26.8. The maximum atomic E-state index is 12.9. The number of ether oxygens (including phenoxy) is 2. The molecule has 1 unspecified atom stereocenters. The van der Waals surface area contributed by atoms with Crippen LogP contribution in [-0.4, -0.2) is 18.3 Å². The van der Waals surface area contributed by atoms with Crippen LogP contribution >= 0.6 is 0 Å². The molecule has 2 heterocycles. The van der Waals surface area contributed by atoms with Crippen LogP contribution in [0.15, 0.2) is 34.5 Å². The molecular formula is C20H20N2O3. The van der Waals surface area contributed by atoms with Gasteiger partial charge in [0.15, 0.2) is 17.3 Å². The Kier molecular flexibility index (Phi) is 3.47. The Hall–Kier alpha value is -2.61. The zero-order chi connectivity index (χ0) is 17.8. The minimum Gasteiger partial charge on any atom is -0.454 e. The Bertz CT molecular complexity index is 873.